The van der Waals surface area contributed by atoms with Crippen molar-refractivity contribution in [3.8, 4) is 0 Å². The fourth-order valence-corrected chi connectivity index (χ4v) is 5.36. The predicted octanol–water partition coefficient (Wildman–Crippen LogP) is -1.63. The predicted molar refractivity (Wildman–Crippen MR) is 188 cm³/mol. The third-order valence-electron chi connectivity index (χ3n) is 8.53. The van der Waals surface area contributed by atoms with Crippen molar-refractivity contribution in [1.82, 2.24) is 35.6 Å². The highest BCUT2D eigenvalue weighted by molar-refractivity contribution is 5.83. The summed E-state index contributed by atoms with van der Waals surface area (Å²) in [5.74, 6) is -3.55. The third-order valence-corrected chi connectivity index (χ3v) is 8.53. The summed E-state index contributed by atoms with van der Waals surface area (Å²) in [6.07, 6.45) is 3.69. The molecule has 0 radical (unpaired) electrons. The summed E-state index contributed by atoms with van der Waals surface area (Å²) in [5, 5.41) is 43.9. The van der Waals surface area contributed by atoms with E-state index in [1.165, 1.54) is 0 Å². The molecule has 18 nitrogen and oxygen atoms in total. The van der Waals surface area contributed by atoms with Crippen molar-refractivity contribution in [2.24, 2.45) is 5.92 Å². The lowest BCUT2D eigenvalue weighted by Crippen LogP contribution is -2.51. The largest absolute Gasteiger partial charge is 0.480 e. The molecule has 1 heterocycles. The van der Waals surface area contributed by atoms with Crippen LogP contribution in [0.25, 0.3) is 0 Å². The summed E-state index contributed by atoms with van der Waals surface area (Å²) in [6.45, 7) is 6.70. The van der Waals surface area contributed by atoms with Crippen LogP contribution in [0.4, 0.5) is 0 Å². The minimum atomic E-state index is -1.15. The Morgan fingerprint density at radius 2 is 1.08 bits per heavy atom. The number of carbonyl (C=O) groups is 7. The number of carboxylic acid groups (broad SMARTS) is 3. The first kappa shape index (κ1) is 47.3. The number of nitrogens with one attached hydrogen (secondary N) is 3. The van der Waals surface area contributed by atoms with Gasteiger partial charge in [0.1, 0.15) is 12.3 Å². The maximum atomic E-state index is 12.6. The molecule has 1 aliphatic rings. The number of aliphatic hydroxyl groups is 1. The number of amides is 3. The van der Waals surface area contributed by atoms with Gasteiger partial charge in [-0.2, -0.15) is 0 Å². The molecule has 1 fully saturated rings. The fourth-order valence-electron chi connectivity index (χ4n) is 5.36. The second-order valence-corrected chi connectivity index (χ2v) is 12.4. The monoisotopic (exact) mass is 731 g/mol. The molecule has 0 aromatic carbocycles. The molecule has 2 unspecified atom stereocenters. The van der Waals surface area contributed by atoms with Crippen LogP contribution in [0.5, 0.6) is 0 Å². The normalized spacial score (nSPS) is 16.5. The highest BCUT2D eigenvalue weighted by Crippen LogP contribution is 2.11. The van der Waals surface area contributed by atoms with Crippen molar-refractivity contribution in [2.45, 2.75) is 64.8 Å². The molecule has 0 bridgehead atoms. The Kier molecular flexibility index (Phi) is 26.8. The van der Waals surface area contributed by atoms with E-state index in [0.29, 0.717) is 32.1 Å². The Hall–Kier alpha value is -3.71. The van der Waals surface area contributed by atoms with Gasteiger partial charge in [-0.3, -0.25) is 48.4 Å². The molecule has 0 aromatic rings. The number of aliphatic carboxylic acids is 3. The number of carboxylic acids is 3. The first-order chi connectivity index (χ1) is 24.3. The van der Waals surface area contributed by atoms with Crippen LogP contribution in [0.3, 0.4) is 0 Å². The summed E-state index contributed by atoms with van der Waals surface area (Å²) in [7, 11) is 1.00. The summed E-state index contributed by atoms with van der Waals surface area (Å²) in [6, 6.07) is -1.07. The van der Waals surface area contributed by atoms with Gasteiger partial charge in [0.15, 0.2) is 0 Å². The lowest BCUT2D eigenvalue weighted by molar-refractivity contribution is -0.144. The average Bonchev–Trinajstić information content (AvgIpc) is 3.08. The third kappa shape index (κ3) is 24.2. The van der Waals surface area contributed by atoms with Gasteiger partial charge in [0.25, 0.3) is 0 Å². The number of nitrogens with zero attached hydrogens (tertiary/aromatic N) is 4. The first-order valence-electron chi connectivity index (χ1n) is 17.6. The zero-order chi connectivity index (χ0) is 38.6. The summed E-state index contributed by atoms with van der Waals surface area (Å²) in [4.78, 5) is 90.0. The standard InChI is InChI=1S/C32H57N7O10.CH4O/c1-3-25(2)5-4-10-33-28(42)8-9-29(43)35-12-11-34-27(41)7-6-26(32(48)49)39-19-17-36(21-22-40)13-14-37(23-30(44)45)15-16-38(18-20-39)24-31(46)47;1-2/h22,25-26H,3-21,23-24H2,1-2H3,(H,33,42)(H,34,41)(H,35,43)(H,44,45)(H,46,47)(H,48,49);2H,1H3. The SMILES string of the molecule is CCC(C)CCCNC(=O)CCC(=O)NCCNC(=O)CCC(C(=O)O)N1CCN(CC=O)CCN(CC(=O)O)CCN(CC(=O)O)CC1.CO. The van der Waals surface area contributed by atoms with Crippen LogP contribution in [-0.2, 0) is 33.6 Å². The van der Waals surface area contributed by atoms with Gasteiger partial charge in [0.05, 0.1) is 19.6 Å². The van der Waals surface area contributed by atoms with Crippen molar-refractivity contribution in [2.75, 3.05) is 98.7 Å². The van der Waals surface area contributed by atoms with Crippen LogP contribution >= 0.6 is 0 Å². The first-order valence-corrected chi connectivity index (χ1v) is 17.6. The number of aliphatic hydroxyl groups excluding tert-OH is 1. The zero-order valence-corrected chi connectivity index (χ0v) is 30.5. The van der Waals surface area contributed by atoms with E-state index in [4.69, 9.17) is 5.11 Å². The van der Waals surface area contributed by atoms with Gasteiger partial charge >= 0.3 is 17.9 Å². The van der Waals surface area contributed by atoms with E-state index in [2.05, 4.69) is 29.8 Å². The quantitative estimate of drug-likeness (QED) is 0.0488. The van der Waals surface area contributed by atoms with Crippen LogP contribution < -0.4 is 16.0 Å². The van der Waals surface area contributed by atoms with Gasteiger partial charge in [-0.05, 0) is 25.2 Å². The smallest absolute Gasteiger partial charge is 0.320 e. The molecule has 0 aliphatic carbocycles. The van der Waals surface area contributed by atoms with E-state index < -0.39 is 29.9 Å². The Morgan fingerprint density at radius 3 is 1.53 bits per heavy atom. The number of hydrogen-bond acceptors (Lipinski definition) is 12. The van der Waals surface area contributed by atoms with Crippen molar-refractivity contribution in [1.29, 1.82) is 0 Å². The minimum absolute atomic E-state index is 0.0238. The zero-order valence-electron chi connectivity index (χ0n) is 30.5. The molecule has 0 spiro atoms. The average molecular weight is 732 g/mol. The van der Waals surface area contributed by atoms with Gasteiger partial charge < -0.3 is 41.2 Å². The second-order valence-electron chi connectivity index (χ2n) is 12.4. The lowest BCUT2D eigenvalue weighted by Gasteiger charge is -2.35. The molecule has 0 saturated carbocycles. The Labute approximate surface area is 300 Å². The van der Waals surface area contributed by atoms with E-state index in [1.807, 2.05) is 0 Å². The highest BCUT2D eigenvalue weighted by atomic mass is 16.4. The van der Waals surface area contributed by atoms with Crippen LogP contribution in [-0.4, -0.2) is 187 Å². The maximum Gasteiger partial charge on any atom is 0.320 e. The Balaban J connectivity index is 0.0000123. The van der Waals surface area contributed by atoms with E-state index in [0.717, 1.165) is 32.7 Å². The van der Waals surface area contributed by atoms with Gasteiger partial charge in [-0.25, -0.2) is 0 Å². The molecule has 0 aromatic heterocycles. The van der Waals surface area contributed by atoms with E-state index in [1.54, 1.807) is 19.6 Å². The van der Waals surface area contributed by atoms with Crippen molar-refractivity contribution >= 4 is 41.9 Å². The van der Waals surface area contributed by atoms with E-state index >= 15 is 0 Å². The molecule has 18 heteroatoms. The van der Waals surface area contributed by atoms with Crippen LogP contribution in [0.2, 0.25) is 0 Å². The Bertz CT molecular complexity index is 1070. The summed E-state index contributed by atoms with van der Waals surface area (Å²) < 4.78 is 0. The van der Waals surface area contributed by atoms with Crippen molar-refractivity contribution < 1.29 is 54.0 Å². The van der Waals surface area contributed by atoms with Crippen molar-refractivity contribution in [3.05, 3.63) is 0 Å². The molecule has 2 atom stereocenters. The fraction of sp³-hybridized carbons (Fsp3) is 0.788. The number of rotatable bonds is 22. The maximum absolute atomic E-state index is 12.6. The van der Waals surface area contributed by atoms with Gasteiger partial charge in [-0.15, -0.1) is 0 Å². The van der Waals surface area contributed by atoms with Crippen LogP contribution in [0.1, 0.15) is 58.8 Å². The molecule has 294 valence electrons. The van der Waals surface area contributed by atoms with Gasteiger partial charge in [-0.1, -0.05) is 20.3 Å². The summed E-state index contributed by atoms with van der Waals surface area (Å²) in [5.41, 5.74) is 0. The molecule has 51 heavy (non-hydrogen) atoms. The van der Waals surface area contributed by atoms with Gasteiger partial charge in [0, 0.05) is 98.4 Å². The number of carbonyl (C=O) groups excluding carboxylic acids is 4. The lowest BCUT2D eigenvalue weighted by atomic mass is 10.0. The van der Waals surface area contributed by atoms with E-state index in [9.17, 15) is 48.9 Å². The van der Waals surface area contributed by atoms with Crippen LogP contribution in [0, 0.1) is 5.92 Å². The molecular weight excluding hydrogens is 670 g/mol. The molecule has 7 N–H and O–H groups in total. The number of aldehydes is 1. The molecule has 1 rings (SSSR count). The van der Waals surface area contributed by atoms with Gasteiger partial charge in [0.2, 0.25) is 17.7 Å². The highest BCUT2D eigenvalue weighted by Gasteiger charge is 2.28. The molecule has 1 aliphatic heterocycles. The molecular formula is C33H61N7O11. The second kappa shape index (κ2) is 28.9. The minimum Gasteiger partial charge on any atom is -0.480 e. The number of hydrogen-bond donors (Lipinski definition) is 7. The molecule has 1 saturated heterocycles. The Morgan fingerprint density at radius 1 is 0.647 bits per heavy atom. The molecule has 3 amide bonds. The summed E-state index contributed by atoms with van der Waals surface area (Å²) >= 11 is 0. The topological polar surface area (TPSA) is 249 Å². The van der Waals surface area contributed by atoms with E-state index in [-0.39, 0.29) is 103 Å². The van der Waals surface area contributed by atoms with Crippen molar-refractivity contribution in [3.63, 3.8) is 0 Å². The van der Waals surface area contributed by atoms with Crippen LogP contribution in [0.15, 0.2) is 0 Å².